The van der Waals surface area contributed by atoms with Crippen molar-refractivity contribution in [2.24, 2.45) is 7.05 Å². The standard InChI is InChI=1S/C18H13F3N2O3S/c1-23-14-9(8-22-23)5-6-12-13(14)17(27-15(12)16(24)25)26-11-4-2-3-10(7-11)18(19,20)21/h2-4,7-8H,5-6H2,1H3,(H,24,25). The number of nitrogens with zero attached hydrogens (tertiary/aromatic N) is 2. The van der Waals surface area contributed by atoms with Gasteiger partial charge >= 0.3 is 12.1 Å². The number of ether oxygens (including phenoxy) is 1. The van der Waals surface area contributed by atoms with Crippen LogP contribution in [0.25, 0.3) is 11.3 Å². The molecule has 1 N–H and O–H groups in total. The SMILES string of the molecule is Cn1ncc2c1-c1c(Oc3cccc(C(F)(F)F)c3)sc(C(=O)O)c1CC2. The van der Waals surface area contributed by atoms with Crippen molar-refractivity contribution < 1.29 is 27.8 Å². The summed E-state index contributed by atoms with van der Waals surface area (Å²) in [5.41, 5.74) is 2.09. The molecular formula is C18H13F3N2O3S. The van der Waals surface area contributed by atoms with E-state index in [1.807, 2.05) is 0 Å². The van der Waals surface area contributed by atoms with Gasteiger partial charge in [-0.25, -0.2) is 4.79 Å². The van der Waals surface area contributed by atoms with Gasteiger partial charge in [0, 0.05) is 7.05 Å². The van der Waals surface area contributed by atoms with E-state index in [0.29, 0.717) is 24.0 Å². The molecule has 2 aromatic heterocycles. The van der Waals surface area contributed by atoms with Gasteiger partial charge in [0.05, 0.1) is 23.0 Å². The van der Waals surface area contributed by atoms with Crippen molar-refractivity contribution >= 4 is 17.3 Å². The number of fused-ring (bicyclic) bond motifs is 3. The second kappa shape index (κ2) is 6.12. The third kappa shape index (κ3) is 2.97. The molecule has 0 saturated heterocycles. The maximum atomic E-state index is 13.0. The molecule has 9 heteroatoms. The molecule has 0 unspecified atom stereocenters. The third-order valence-corrected chi connectivity index (χ3v) is 5.53. The van der Waals surface area contributed by atoms with Gasteiger partial charge in [0.1, 0.15) is 10.6 Å². The normalized spacial score (nSPS) is 13.2. The maximum absolute atomic E-state index is 13.0. The predicted octanol–water partition coefficient (Wildman–Crippen LogP) is 4.76. The molecule has 1 aliphatic rings. The minimum Gasteiger partial charge on any atom is -0.477 e. The summed E-state index contributed by atoms with van der Waals surface area (Å²) in [6.07, 6.45) is -1.62. The summed E-state index contributed by atoms with van der Waals surface area (Å²) < 4.78 is 46.2. The Morgan fingerprint density at radius 1 is 1.33 bits per heavy atom. The predicted molar refractivity (Wildman–Crippen MR) is 92.4 cm³/mol. The van der Waals surface area contributed by atoms with E-state index >= 15 is 0 Å². The number of carbonyl (C=O) groups is 1. The smallest absolute Gasteiger partial charge is 0.416 e. The summed E-state index contributed by atoms with van der Waals surface area (Å²) in [5, 5.41) is 14.0. The number of benzene rings is 1. The molecule has 4 rings (SSSR count). The van der Waals surface area contributed by atoms with Crippen LogP contribution in [0.5, 0.6) is 10.8 Å². The van der Waals surface area contributed by atoms with E-state index in [1.54, 1.807) is 17.9 Å². The fraction of sp³-hybridized carbons (Fsp3) is 0.222. The first-order chi connectivity index (χ1) is 12.8. The van der Waals surface area contributed by atoms with Crippen LogP contribution in [0.3, 0.4) is 0 Å². The minimum atomic E-state index is -4.49. The van der Waals surface area contributed by atoms with Crippen LogP contribution in [-0.4, -0.2) is 20.9 Å². The van der Waals surface area contributed by atoms with Crippen LogP contribution in [0, 0.1) is 0 Å². The van der Waals surface area contributed by atoms with Crippen molar-refractivity contribution in [3.05, 3.63) is 52.0 Å². The van der Waals surface area contributed by atoms with E-state index in [9.17, 15) is 23.1 Å². The Balaban J connectivity index is 1.84. The van der Waals surface area contributed by atoms with Crippen molar-refractivity contribution in [2.75, 3.05) is 0 Å². The Morgan fingerprint density at radius 3 is 2.81 bits per heavy atom. The molecule has 3 aromatic rings. The number of alkyl halides is 3. The van der Waals surface area contributed by atoms with E-state index in [2.05, 4.69) is 5.10 Å². The summed E-state index contributed by atoms with van der Waals surface area (Å²) in [6.45, 7) is 0. The second-order valence-electron chi connectivity index (χ2n) is 6.15. The van der Waals surface area contributed by atoms with Crippen molar-refractivity contribution in [3.63, 3.8) is 0 Å². The van der Waals surface area contributed by atoms with Gasteiger partial charge in [-0.1, -0.05) is 17.4 Å². The number of aromatic nitrogens is 2. The van der Waals surface area contributed by atoms with Crippen molar-refractivity contribution in [2.45, 2.75) is 19.0 Å². The molecule has 5 nitrogen and oxygen atoms in total. The number of carboxylic acids is 1. The first-order valence-corrected chi connectivity index (χ1v) is 8.82. The summed E-state index contributed by atoms with van der Waals surface area (Å²) in [4.78, 5) is 11.8. The monoisotopic (exact) mass is 394 g/mol. The summed E-state index contributed by atoms with van der Waals surface area (Å²) in [5.74, 6) is -1.08. The molecular weight excluding hydrogens is 381 g/mol. The highest BCUT2D eigenvalue weighted by molar-refractivity contribution is 7.16. The number of hydrogen-bond donors (Lipinski definition) is 1. The van der Waals surface area contributed by atoms with E-state index in [4.69, 9.17) is 4.74 Å². The van der Waals surface area contributed by atoms with E-state index in [0.717, 1.165) is 34.7 Å². The van der Waals surface area contributed by atoms with Crippen LogP contribution < -0.4 is 4.74 Å². The fourth-order valence-corrected chi connectivity index (χ4v) is 4.32. The van der Waals surface area contributed by atoms with Crippen LogP contribution in [-0.2, 0) is 26.1 Å². The van der Waals surface area contributed by atoms with E-state index in [-0.39, 0.29) is 15.7 Å². The van der Waals surface area contributed by atoms with Crippen LogP contribution >= 0.6 is 11.3 Å². The highest BCUT2D eigenvalue weighted by atomic mass is 32.1. The quantitative estimate of drug-likeness (QED) is 0.696. The average Bonchev–Trinajstić information content (AvgIpc) is 3.15. The maximum Gasteiger partial charge on any atom is 0.416 e. The van der Waals surface area contributed by atoms with E-state index in [1.165, 1.54) is 12.1 Å². The van der Waals surface area contributed by atoms with Gasteiger partial charge in [-0.3, -0.25) is 4.68 Å². The molecule has 1 aromatic carbocycles. The van der Waals surface area contributed by atoms with Gasteiger partial charge in [-0.2, -0.15) is 18.3 Å². The lowest BCUT2D eigenvalue weighted by Gasteiger charge is -2.16. The van der Waals surface area contributed by atoms with Crippen molar-refractivity contribution in [1.29, 1.82) is 0 Å². The number of aromatic carboxylic acids is 1. The van der Waals surface area contributed by atoms with Gasteiger partial charge < -0.3 is 9.84 Å². The molecule has 0 aliphatic heterocycles. The first kappa shape index (κ1) is 17.6. The Bertz CT molecular complexity index is 1050. The number of rotatable bonds is 3. The zero-order chi connectivity index (χ0) is 19.3. The molecule has 0 radical (unpaired) electrons. The average molecular weight is 394 g/mol. The largest absolute Gasteiger partial charge is 0.477 e. The van der Waals surface area contributed by atoms with Gasteiger partial charge in [0.15, 0.2) is 5.06 Å². The summed E-state index contributed by atoms with van der Waals surface area (Å²) in [6, 6.07) is 4.53. The number of thiophene rings is 1. The Kier molecular flexibility index (Phi) is 3.99. The van der Waals surface area contributed by atoms with Crippen LogP contribution in [0.1, 0.15) is 26.4 Å². The molecule has 0 saturated carbocycles. The van der Waals surface area contributed by atoms with Gasteiger partial charge in [0.25, 0.3) is 0 Å². The molecule has 0 atom stereocenters. The lowest BCUT2D eigenvalue weighted by Crippen LogP contribution is -2.08. The summed E-state index contributed by atoms with van der Waals surface area (Å²) in [7, 11) is 1.74. The van der Waals surface area contributed by atoms with Crippen LogP contribution in [0.2, 0.25) is 0 Å². The molecule has 0 amide bonds. The Labute approximate surface area is 155 Å². The van der Waals surface area contributed by atoms with Crippen LogP contribution in [0.4, 0.5) is 13.2 Å². The van der Waals surface area contributed by atoms with Gasteiger partial charge in [-0.05, 0) is 42.2 Å². The first-order valence-electron chi connectivity index (χ1n) is 8.01. The number of hydrogen-bond acceptors (Lipinski definition) is 4. The molecule has 27 heavy (non-hydrogen) atoms. The molecule has 2 heterocycles. The fourth-order valence-electron chi connectivity index (χ4n) is 3.26. The molecule has 0 bridgehead atoms. The summed E-state index contributed by atoms with van der Waals surface area (Å²) >= 11 is 0.923. The van der Waals surface area contributed by atoms with Crippen LogP contribution in [0.15, 0.2) is 30.5 Å². The lowest BCUT2D eigenvalue weighted by atomic mass is 9.92. The van der Waals surface area contributed by atoms with Crippen molar-refractivity contribution in [1.82, 2.24) is 9.78 Å². The van der Waals surface area contributed by atoms with Gasteiger partial charge in [-0.15, -0.1) is 0 Å². The number of carboxylic acid groups (broad SMARTS) is 1. The van der Waals surface area contributed by atoms with E-state index < -0.39 is 17.7 Å². The van der Waals surface area contributed by atoms with Crippen molar-refractivity contribution in [3.8, 4) is 22.1 Å². The minimum absolute atomic E-state index is 0.0000978. The topological polar surface area (TPSA) is 64.4 Å². The highest BCUT2D eigenvalue weighted by Crippen LogP contribution is 2.48. The third-order valence-electron chi connectivity index (χ3n) is 4.44. The zero-order valence-corrected chi connectivity index (χ0v) is 14.8. The highest BCUT2D eigenvalue weighted by Gasteiger charge is 2.33. The molecule has 0 fully saturated rings. The number of aryl methyl sites for hydroxylation is 2. The molecule has 140 valence electrons. The Hall–Kier alpha value is -2.81. The molecule has 1 aliphatic carbocycles. The number of halogens is 3. The Morgan fingerprint density at radius 2 is 2.11 bits per heavy atom. The zero-order valence-electron chi connectivity index (χ0n) is 14.0. The molecule has 0 spiro atoms. The van der Waals surface area contributed by atoms with Gasteiger partial charge in [0.2, 0.25) is 0 Å². The lowest BCUT2D eigenvalue weighted by molar-refractivity contribution is -0.137. The second-order valence-corrected chi connectivity index (χ2v) is 7.13.